The highest BCUT2D eigenvalue weighted by Crippen LogP contribution is 2.24. The molecule has 0 saturated heterocycles. The van der Waals surface area contributed by atoms with Crippen LogP contribution >= 0.6 is 0 Å². The van der Waals surface area contributed by atoms with E-state index in [0.29, 0.717) is 6.61 Å². The lowest BCUT2D eigenvalue weighted by molar-refractivity contribution is 0.321. The van der Waals surface area contributed by atoms with Gasteiger partial charge in [0.15, 0.2) is 11.6 Å². The summed E-state index contributed by atoms with van der Waals surface area (Å²) in [6, 6.07) is 8.85. The van der Waals surface area contributed by atoms with Crippen molar-refractivity contribution >= 4 is 5.69 Å². The fourth-order valence-corrected chi connectivity index (χ4v) is 1.85. The number of hydrogen-bond acceptors (Lipinski definition) is 3. The van der Waals surface area contributed by atoms with Gasteiger partial charge in [0.2, 0.25) is 0 Å². The van der Waals surface area contributed by atoms with Crippen LogP contribution in [-0.4, -0.2) is 11.6 Å². The van der Waals surface area contributed by atoms with Crippen LogP contribution in [0.25, 0.3) is 0 Å². The van der Waals surface area contributed by atoms with Crippen molar-refractivity contribution in [3.8, 4) is 5.75 Å². The number of pyridine rings is 1. The summed E-state index contributed by atoms with van der Waals surface area (Å²) in [5, 5.41) is 3.24. The number of benzene rings is 1. The summed E-state index contributed by atoms with van der Waals surface area (Å²) in [6.07, 6.45) is 3.48. The average Bonchev–Trinajstić information content (AvgIpc) is 2.43. The van der Waals surface area contributed by atoms with Gasteiger partial charge >= 0.3 is 0 Å². The fraction of sp³-hybridized carbons (Fsp3) is 0.267. The maximum Gasteiger partial charge on any atom is 0.167 e. The van der Waals surface area contributed by atoms with E-state index in [1.807, 2.05) is 32.0 Å². The molecule has 0 aliphatic rings. The molecular formula is C15H17FN2O. The van der Waals surface area contributed by atoms with Crippen molar-refractivity contribution in [3.05, 3.63) is 54.1 Å². The Kier molecular flexibility index (Phi) is 4.34. The van der Waals surface area contributed by atoms with E-state index < -0.39 is 0 Å². The van der Waals surface area contributed by atoms with Crippen LogP contribution in [0.5, 0.6) is 5.75 Å². The molecular weight excluding hydrogens is 243 g/mol. The van der Waals surface area contributed by atoms with Crippen molar-refractivity contribution in [2.24, 2.45) is 0 Å². The summed E-state index contributed by atoms with van der Waals surface area (Å²) < 4.78 is 18.9. The number of anilines is 1. The van der Waals surface area contributed by atoms with Gasteiger partial charge in [-0.2, -0.15) is 0 Å². The topological polar surface area (TPSA) is 34.1 Å². The molecule has 1 atom stereocenters. The molecule has 1 N–H and O–H groups in total. The first kappa shape index (κ1) is 13.3. The molecule has 19 heavy (non-hydrogen) atoms. The second kappa shape index (κ2) is 6.18. The molecule has 0 radical (unpaired) electrons. The van der Waals surface area contributed by atoms with Gasteiger partial charge in [0.1, 0.15) is 0 Å². The first-order valence-corrected chi connectivity index (χ1v) is 6.29. The van der Waals surface area contributed by atoms with Crippen molar-refractivity contribution in [2.45, 2.75) is 19.9 Å². The highest BCUT2D eigenvalue weighted by Gasteiger charge is 2.08. The number of nitrogens with one attached hydrogen (secondary N) is 1. The van der Waals surface area contributed by atoms with Crippen molar-refractivity contribution < 1.29 is 9.13 Å². The van der Waals surface area contributed by atoms with E-state index in [1.54, 1.807) is 18.5 Å². The lowest BCUT2D eigenvalue weighted by atomic mass is 10.1. The molecule has 0 aliphatic carbocycles. The Morgan fingerprint density at radius 2 is 2.00 bits per heavy atom. The molecule has 1 aromatic heterocycles. The minimum Gasteiger partial charge on any atom is -0.491 e. The molecule has 0 spiro atoms. The van der Waals surface area contributed by atoms with Gasteiger partial charge in [0, 0.05) is 30.2 Å². The molecule has 100 valence electrons. The Morgan fingerprint density at radius 1 is 1.26 bits per heavy atom. The number of ether oxygens (including phenoxy) is 1. The number of hydrogen-bond donors (Lipinski definition) is 1. The van der Waals surface area contributed by atoms with Gasteiger partial charge in [-0.15, -0.1) is 0 Å². The van der Waals surface area contributed by atoms with Crippen LogP contribution in [0.1, 0.15) is 25.5 Å². The first-order chi connectivity index (χ1) is 9.20. The fourth-order valence-electron chi connectivity index (χ4n) is 1.85. The smallest absolute Gasteiger partial charge is 0.167 e. The molecule has 2 rings (SSSR count). The van der Waals surface area contributed by atoms with E-state index in [-0.39, 0.29) is 17.6 Å². The Bertz CT molecular complexity index is 531. The van der Waals surface area contributed by atoms with Crippen LogP contribution in [0.4, 0.5) is 10.1 Å². The highest BCUT2D eigenvalue weighted by molar-refractivity contribution is 5.48. The largest absolute Gasteiger partial charge is 0.491 e. The molecule has 0 bridgehead atoms. The van der Waals surface area contributed by atoms with Gasteiger partial charge in [0.05, 0.1) is 6.61 Å². The van der Waals surface area contributed by atoms with Crippen molar-refractivity contribution in [1.82, 2.24) is 4.98 Å². The van der Waals surface area contributed by atoms with Gasteiger partial charge in [0.25, 0.3) is 0 Å². The van der Waals surface area contributed by atoms with Gasteiger partial charge in [-0.3, -0.25) is 4.98 Å². The summed E-state index contributed by atoms with van der Waals surface area (Å²) in [5.74, 6) is -0.0709. The predicted octanol–water partition coefficient (Wildman–Crippen LogP) is 3.79. The lowest BCUT2D eigenvalue weighted by Crippen LogP contribution is -2.07. The van der Waals surface area contributed by atoms with E-state index in [0.717, 1.165) is 11.3 Å². The molecule has 1 unspecified atom stereocenters. The van der Waals surface area contributed by atoms with Gasteiger partial charge < -0.3 is 10.1 Å². The molecule has 1 aromatic carbocycles. The van der Waals surface area contributed by atoms with E-state index in [2.05, 4.69) is 10.3 Å². The molecule has 0 saturated carbocycles. The summed E-state index contributed by atoms with van der Waals surface area (Å²) in [4.78, 5) is 3.98. The number of halogens is 1. The second-order valence-electron chi connectivity index (χ2n) is 4.22. The quantitative estimate of drug-likeness (QED) is 0.888. The number of nitrogens with zero attached hydrogens (tertiary/aromatic N) is 1. The van der Waals surface area contributed by atoms with Crippen LogP contribution in [0.15, 0.2) is 42.7 Å². The zero-order valence-electron chi connectivity index (χ0n) is 11.1. The van der Waals surface area contributed by atoms with Gasteiger partial charge in [-0.25, -0.2) is 4.39 Å². The van der Waals surface area contributed by atoms with Gasteiger partial charge in [-0.05, 0) is 43.7 Å². The van der Waals surface area contributed by atoms with Crippen LogP contribution in [0, 0.1) is 5.82 Å². The Hall–Kier alpha value is -2.10. The van der Waals surface area contributed by atoms with Gasteiger partial charge in [-0.1, -0.05) is 0 Å². The first-order valence-electron chi connectivity index (χ1n) is 6.29. The molecule has 0 fully saturated rings. The monoisotopic (exact) mass is 260 g/mol. The second-order valence-corrected chi connectivity index (χ2v) is 4.22. The standard InChI is InChI=1S/C15H17FN2O/c1-3-19-15-5-4-13(10-14(15)16)18-11(2)12-6-8-17-9-7-12/h4-11,18H,3H2,1-2H3. The molecule has 2 aromatic rings. The van der Waals surface area contributed by atoms with Crippen LogP contribution < -0.4 is 10.1 Å². The van der Waals surface area contributed by atoms with Crippen LogP contribution in [0.3, 0.4) is 0 Å². The Balaban J connectivity index is 2.09. The normalized spacial score (nSPS) is 11.9. The minimum absolute atomic E-state index is 0.0837. The summed E-state index contributed by atoms with van der Waals surface area (Å²) in [7, 11) is 0. The SMILES string of the molecule is CCOc1ccc(NC(C)c2ccncc2)cc1F. The maximum atomic E-state index is 13.7. The van der Waals surface area contributed by atoms with E-state index >= 15 is 0 Å². The van der Waals surface area contributed by atoms with Crippen LogP contribution in [0.2, 0.25) is 0 Å². The minimum atomic E-state index is -0.353. The third-order valence-corrected chi connectivity index (χ3v) is 2.82. The molecule has 0 amide bonds. The summed E-state index contributed by atoms with van der Waals surface area (Å²) >= 11 is 0. The zero-order valence-corrected chi connectivity index (χ0v) is 11.1. The maximum absolute atomic E-state index is 13.7. The molecule has 3 nitrogen and oxygen atoms in total. The van der Waals surface area contributed by atoms with Crippen molar-refractivity contribution in [1.29, 1.82) is 0 Å². The summed E-state index contributed by atoms with van der Waals surface area (Å²) in [5.41, 5.74) is 1.83. The van der Waals surface area contributed by atoms with Crippen molar-refractivity contribution in [2.75, 3.05) is 11.9 Å². The van der Waals surface area contributed by atoms with Crippen molar-refractivity contribution in [3.63, 3.8) is 0 Å². The summed E-state index contributed by atoms with van der Waals surface area (Å²) in [6.45, 7) is 4.30. The molecule has 0 aliphatic heterocycles. The third kappa shape index (κ3) is 3.44. The van der Waals surface area contributed by atoms with E-state index in [1.165, 1.54) is 6.07 Å². The third-order valence-electron chi connectivity index (χ3n) is 2.82. The predicted molar refractivity (Wildman–Crippen MR) is 73.8 cm³/mol. The van der Waals surface area contributed by atoms with Crippen LogP contribution in [-0.2, 0) is 0 Å². The number of aromatic nitrogens is 1. The van der Waals surface area contributed by atoms with E-state index in [4.69, 9.17) is 4.74 Å². The zero-order chi connectivity index (χ0) is 13.7. The Morgan fingerprint density at radius 3 is 2.63 bits per heavy atom. The Labute approximate surface area is 112 Å². The average molecular weight is 260 g/mol. The molecule has 4 heteroatoms. The molecule has 1 heterocycles. The lowest BCUT2D eigenvalue weighted by Gasteiger charge is -2.16. The number of rotatable bonds is 5. The highest BCUT2D eigenvalue weighted by atomic mass is 19.1. The van der Waals surface area contributed by atoms with E-state index in [9.17, 15) is 4.39 Å².